The zero-order valence-corrected chi connectivity index (χ0v) is 12.6. The van der Waals surface area contributed by atoms with E-state index in [2.05, 4.69) is 20.8 Å². The normalized spacial score (nSPS) is 13.9. The van der Waals surface area contributed by atoms with Crippen molar-refractivity contribution in [3.8, 4) is 0 Å². The minimum absolute atomic E-state index is 0.387. The van der Waals surface area contributed by atoms with Gasteiger partial charge >= 0.3 is 0 Å². The predicted octanol–water partition coefficient (Wildman–Crippen LogP) is 4.42. The SMILES string of the molecule is COCCC(CCCCCCC(C)(C)C)OC. The molecule has 0 bridgehead atoms. The molecule has 2 nitrogen and oxygen atoms in total. The molecule has 0 aliphatic carbocycles. The van der Waals surface area contributed by atoms with Crippen LogP contribution in [0.2, 0.25) is 0 Å². The number of rotatable bonds is 10. The zero-order valence-electron chi connectivity index (χ0n) is 12.6. The van der Waals surface area contributed by atoms with Gasteiger partial charge in [-0.15, -0.1) is 0 Å². The summed E-state index contributed by atoms with van der Waals surface area (Å²) >= 11 is 0. The van der Waals surface area contributed by atoms with Gasteiger partial charge in [-0.25, -0.2) is 0 Å². The Morgan fingerprint density at radius 1 is 0.882 bits per heavy atom. The Labute approximate surface area is 108 Å². The van der Waals surface area contributed by atoms with Gasteiger partial charge in [-0.05, 0) is 24.7 Å². The van der Waals surface area contributed by atoms with Crippen LogP contribution in [0.1, 0.15) is 65.7 Å². The first-order valence-corrected chi connectivity index (χ1v) is 7.01. The van der Waals surface area contributed by atoms with E-state index in [4.69, 9.17) is 9.47 Å². The maximum absolute atomic E-state index is 5.43. The molecule has 0 aromatic carbocycles. The highest BCUT2D eigenvalue weighted by Crippen LogP contribution is 2.22. The van der Waals surface area contributed by atoms with Gasteiger partial charge in [0.2, 0.25) is 0 Å². The molecule has 0 radical (unpaired) electrons. The van der Waals surface area contributed by atoms with Gasteiger partial charge in [-0.3, -0.25) is 0 Å². The molecule has 0 heterocycles. The molecule has 0 aliphatic rings. The number of hydrogen-bond acceptors (Lipinski definition) is 2. The fourth-order valence-electron chi connectivity index (χ4n) is 2.01. The molecular formula is C15H32O2. The van der Waals surface area contributed by atoms with Gasteiger partial charge in [0.15, 0.2) is 0 Å². The van der Waals surface area contributed by atoms with Crippen LogP contribution in [0.15, 0.2) is 0 Å². The van der Waals surface area contributed by atoms with Crippen LogP contribution in [0.4, 0.5) is 0 Å². The van der Waals surface area contributed by atoms with Crippen molar-refractivity contribution in [1.82, 2.24) is 0 Å². The first-order valence-electron chi connectivity index (χ1n) is 7.01. The Balaban J connectivity index is 3.36. The van der Waals surface area contributed by atoms with Crippen molar-refractivity contribution in [1.29, 1.82) is 0 Å². The summed E-state index contributed by atoms with van der Waals surface area (Å²) in [6.45, 7) is 7.76. The Hall–Kier alpha value is -0.0800. The predicted molar refractivity (Wildman–Crippen MR) is 74.4 cm³/mol. The fraction of sp³-hybridized carbons (Fsp3) is 1.00. The zero-order chi connectivity index (χ0) is 13.1. The van der Waals surface area contributed by atoms with E-state index in [9.17, 15) is 0 Å². The van der Waals surface area contributed by atoms with Gasteiger partial charge in [0, 0.05) is 20.8 Å². The summed E-state index contributed by atoms with van der Waals surface area (Å²) in [6.07, 6.45) is 9.26. The fourth-order valence-corrected chi connectivity index (χ4v) is 2.01. The summed E-state index contributed by atoms with van der Waals surface area (Å²) in [5, 5.41) is 0. The smallest absolute Gasteiger partial charge is 0.0593 e. The van der Waals surface area contributed by atoms with Crippen molar-refractivity contribution < 1.29 is 9.47 Å². The molecule has 0 saturated heterocycles. The van der Waals surface area contributed by atoms with E-state index in [-0.39, 0.29) is 0 Å². The Morgan fingerprint density at radius 3 is 2.06 bits per heavy atom. The van der Waals surface area contributed by atoms with E-state index in [1.54, 1.807) is 14.2 Å². The van der Waals surface area contributed by atoms with Gasteiger partial charge in [-0.2, -0.15) is 0 Å². The second-order valence-corrected chi connectivity index (χ2v) is 6.15. The lowest BCUT2D eigenvalue weighted by atomic mass is 9.89. The highest BCUT2D eigenvalue weighted by molar-refractivity contribution is 4.62. The van der Waals surface area contributed by atoms with Crippen molar-refractivity contribution in [2.24, 2.45) is 5.41 Å². The molecule has 0 N–H and O–H groups in total. The lowest BCUT2D eigenvalue weighted by molar-refractivity contribution is 0.0589. The van der Waals surface area contributed by atoms with Gasteiger partial charge < -0.3 is 9.47 Å². The quantitative estimate of drug-likeness (QED) is 0.529. The average Bonchev–Trinajstić information content (AvgIpc) is 2.25. The van der Waals surface area contributed by atoms with Crippen LogP contribution in [-0.2, 0) is 9.47 Å². The highest BCUT2D eigenvalue weighted by Gasteiger charge is 2.09. The summed E-state index contributed by atoms with van der Waals surface area (Å²) in [4.78, 5) is 0. The second kappa shape index (κ2) is 9.90. The third-order valence-corrected chi connectivity index (χ3v) is 3.18. The first kappa shape index (κ1) is 16.9. The van der Waals surface area contributed by atoms with Crippen molar-refractivity contribution >= 4 is 0 Å². The summed E-state index contributed by atoms with van der Waals surface area (Å²) in [5.41, 5.74) is 0.494. The van der Waals surface area contributed by atoms with Crippen LogP contribution in [0, 0.1) is 5.41 Å². The maximum Gasteiger partial charge on any atom is 0.0593 e. The lowest BCUT2D eigenvalue weighted by Gasteiger charge is -2.18. The molecule has 17 heavy (non-hydrogen) atoms. The average molecular weight is 244 g/mol. The standard InChI is InChI=1S/C15H32O2/c1-15(2,3)12-9-7-6-8-10-14(17-5)11-13-16-4/h14H,6-13H2,1-5H3. The minimum atomic E-state index is 0.387. The second-order valence-electron chi connectivity index (χ2n) is 6.15. The molecule has 104 valence electrons. The molecule has 0 amide bonds. The Kier molecular flexibility index (Phi) is 9.85. The van der Waals surface area contributed by atoms with E-state index in [1.165, 1.54) is 38.5 Å². The van der Waals surface area contributed by atoms with E-state index in [0.29, 0.717) is 11.5 Å². The monoisotopic (exact) mass is 244 g/mol. The molecule has 1 unspecified atom stereocenters. The van der Waals surface area contributed by atoms with Crippen LogP contribution in [0.3, 0.4) is 0 Å². The maximum atomic E-state index is 5.43. The van der Waals surface area contributed by atoms with E-state index >= 15 is 0 Å². The molecule has 0 aromatic rings. The molecule has 0 spiro atoms. The summed E-state index contributed by atoms with van der Waals surface area (Å²) in [5.74, 6) is 0. The molecule has 1 atom stereocenters. The molecule has 0 fully saturated rings. The van der Waals surface area contributed by atoms with Crippen molar-refractivity contribution in [3.05, 3.63) is 0 Å². The molecule has 0 rings (SSSR count). The Bertz CT molecular complexity index is 161. The summed E-state index contributed by atoms with van der Waals surface area (Å²) in [7, 11) is 3.55. The molecular weight excluding hydrogens is 212 g/mol. The van der Waals surface area contributed by atoms with Crippen LogP contribution < -0.4 is 0 Å². The van der Waals surface area contributed by atoms with Crippen LogP contribution in [0.5, 0.6) is 0 Å². The van der Waals surface area contributed by atoms with Gasteiger partial charge in [0.1, 0.15) is 0 Å². The topological polar surface area (TPSA) is 18.5 Å². The Morgan fingerprint density at radius 2 is 1.53 bits per heavy atom. The molecule has 0 saturated carbocycles. The van der Waals surface area contributed by atoms with E-state index in [1.807, 2.05) is 0 Å². The summed E-state index contributed by atoms with van der Waals surface area (Å²) < 4.78 is 10.5. The number of unbranched alkanes of at least 4 members (excludes halogenated alkanes) is 3. The van der Waals surface area contributed by atoms with Crippen molar-refractivity contribution in [2.75, 3.05) is 20.8 Å². The first-order chi connectivity index (χ1) is 7.99. The molecule has 2 heteroatoms. The largest absolute Gasteiger partial charge is 0.385 e. The number of methoxy groups -OCH3 is 2. The third-order valence-electron chi connectivity index (χ3n) is 3.18. The van der Waals surface area contributed by atoms with Crippen molar-refractivity contribution in [3.63, 3.8) is 0 Å². The van der Waals surface area contributed by atoms with Gasteiger partial charge in [0.25, 0.3) is 0 Å². The molecule has 0 aromatic heterocycles. The van der Waals surface area contributed by atoms with Gasteiger partial charge in [-0.1, -0.05) is 46.5 Å². The number of hydrogen-bond donors (Lipinski definition) is 0. The molecule has 0 aliphatic heterocycles. The van der Waals surface area contributed by atoms with E-state index < -0.39 is 0 Å². The van der Waals surface area contributed by atoms with E-state index in [0.717, 1.165) is 13.0 Å². The highest BCUT2D eigenvalue weighted by atomic mass is 16.5. The summed E-state index contributed by atoms with van der Waals surface area (Å²) in [6, 6.07) is 0. The lowest BCUT2D eigenvalue weighted by Crippen LogP contribution is -2.13. The number of ether oxygens (including phenoxy) is 2. The van der Waals surface area contributed by atoms with Gasteiger partial charge in [0.05, 0.1) is 6.10 Å². The van der Waals surface area contributed by atoms with Crippen molar-refractivity contribution in [2.45, 2.75) is 71.8 Å². The van der Waals surface area contributed by atoms with Crippen LogP contribution >= 0.6 is 0 Å². The minimum Gasteiger partial charge on any atom is -0.385 e. The third kappa shape index (κ3) is 12.2. The van der Waals surface area contributed by atoms with Crippen LogP contribution in [0.25, 0.3) is 0 Å². The van der Waals surface area contributed by atoms with Crippen LogP contribution in [-0.4, -0.2) is 26.9 Å².